The van der Waals surface area contributed by atoms with Crippen LogP contribution in [0.2, 0.25) is 0 Å². The van der Waals surface area contributed by atoms with Gasteiger partial charge in [0.25, 0.3) is 5.56 Å². The molecule has 0 aliphatic carbocycles. The molecule has 8 heteroatoms. The molecule has 13 heavy (non-hydrogen) atoms. The Balaban J connectivity index is 3.22. The molecule has 0 atom stereocenters. The van der Waals surface area contributed by atoms with Crippen LogP contribution in [0.15, 0.2) is 14.5 Å². The van der Waals surface area contributed by atoms with Crippen molar-refractivity contribution < 1.29 is 5.11 Å². The van der Waals surface area contributed by atoms with Crippen molar-refractivity contribution >= 4 is 11.8 Å². The van der Waals surface area contributed by atoms with Gasteiger partial charge in [0.05, 0.1) is 0 Å². The first-order chi connectivity index (χ1) is 6.00. The summed E-state index contributed by atoms with van der Waals surface area (Å²) < 4.78 is 0. The van der Waals surface area contributed by atoms with Crippen molar-refractivity contribution in [1.29, 1.82) is 0 Å². The van der Waals surface area contributed by atoms with Crippen molar-refractivity contribution in [3.05, 3.63) is 20.8 Å². The highest BCUT2D eigenvalue weighted by Gasteiger charge is 2.10. The molecule has 1 aromatic heterocycles. The molecule has 0 spiro atoms. The first-order valence-corrected chi connectivity index (χ1v) is 4.12. The van der Waals surface area contributed by atoms with Gasteiger partial charge >= 0.3 is 5.69 Å². The zero-order valence-corrected chi connectivity index (χ0v) is 7.22. The van der Waals surface area contributed by atoms with Crippen LogP contribution in [0.3, 0.4) is 0 Å². The van der Waals surface area contributed by atoms with Gasteiger partial charge in [-0.1, -0.05) is 11.8 Å². The Bertz CT molecular complexity index is 409. The van der Waals surface area contributed by atoms with E-state index in [0.717, 1.165) is 11.8 Å². The van der Waals surface area contributed by atoms with Crippen LogP contribution >= 0.6 is 11.8 Å². The molecule has 72 valence electrons. The van der Waals surface area contributed by atoms with Crippen LogP contribution in [0.1, 0.15) is 0 Å². The highest BCUT2D eigenvalue weighted by Crippen LogP contribution is 2.20. The molecule has 0 unspecified atom stereocenters. The molecule has 7 N–H and O–H groups in total. The van der Waals surface area contributed by atoms with Crippen molar-refractivity contribution in [3.8, 4) is 5.88 Å². The highest BCUT2D eigenvalue weighted by molar-refractivity contribution is 7.99. The van der Waals surface area contributed by atoms with Gasteiger partial charge in [-0.2, -0.15) is 0 Å². The van der Waals surface area contributed by atoms with E-state index in [0.29, 0.717) is 0 Å². The van der Waals surface area contributed by atoms with Crippen LogP contribution in [0.4, 0.5) is 0 Å². The summed E-state index contributed by atoms with van der Waals surface area (Å²) >= 11 is 0.752. The standard InChI is InChI=1S/C5H8N4O3S/c6-4(7)13-1-2(10)8-5(12)9-3(1)11/h4H,6-7H2,(H3,8,9,10,11,12). The molecular weight excluding hydrogens is 196 g/mol. The van der Waals surface area contributed by atoms with E-state index in [1.807, 2.05) is 9.97 Å². The van der Waals surface area contributed by atoms with Gasteiger partial charge in [-0.05, 0) is 0 Å². The largest absolute Gasteiger partial charge is 0.494 e. The average Bonchev–Trinajstić information content (AvgIpc) is 1.96. The van der Waals surface area contributed by atoms with Gasteiger partial charge in [0.2, 0.25) is 5.88 Å². The number of nitrogens with two attached hydrogens (primary N) is 2. The Morgan fingerprint density at radius 2 is 1.92 bits per heavy atom. The highest BCUT2D eigenvalue weighted by atomic mass is 32.2. The van der Waals surface area contributed by atoms with Gasteiger partial charge in [-0.3, -0.25) is 14.8 Å². The fourth-order valence-corrected chi connectivity index (χ4v) is 1.30. The van der Waals surface area contributed by atoms with E-state index in [1.54, 1.807) is 0 Å². The average molecular weight is 204 g/mol. The number of aromatic amines is 2. The Hall–Kier alpha value is -1.25. The molecule has 0 aliphatic rings. The van der Waals surface area contributed by atoms with Crippen LogP contribution < -0.4 is 22.7 Å². The Kier molecular flexibility index (Phi) is 2.76. The number of hydrogen-bond acceptors (Lipinski definition) is 6. The summed E-state index contributed by atoms with van der Waals surface area (Å²) in [5.74, 6) is -0.528. The summed E-state index contributed by atoms with van der Waals surface area (Å²) in [6, 6.07) is 0. The van der Waals surface area contributed by atoms with Gasteiger partial charge in [0, 0.05) is 0 Å². The lowest BCUT2D eigenvalue weighted by atomic mass is 10.6. The van der Waals surface area contributed by atoms with Crippen LogP contribution in [-0.4, -0.2) is 20.6 Å². The minimum absolute atomic E-state index is 0.102. The van der Waals surface area contributed by atoms with E-state index in [1.165, 1.54) is 0 Å². The third-order valence-corrected chi connectivity index (χ3v) is 2.02. The predicted molar refractivity (Wildman–Crippen MR) is 47.4 cm³/mol. The van der Waals surface area contributed by atoms with Gasteiger partial charge in [0.1, 0.15) is 10.4 Å². The molecular formula is C5H8N4O3S. The predicted octanol–water partition coefficient (Wildman–Crippen LogP) is -1.94. The van der Waals surface area contributed by atoms with Gasteiger partial charge < -0.3 is 16.6 Å². The van der Waals surface area contributed by atoms with E-state index in [9.17, 15) is 9.59 Å². The van der Waals surface area contributed by atoms with Gasteiger partial charge in [-0.25, -0.2) is 4.79 Å². The number of aromatic hydroxyl groups is 1. The van der Waals surface area contributed by atoms with E-state index in [4.69, 9.17) is 16.6 Å². The lowest BCUT2D eigenvalue weighted by molar-refractivity contribution is 0.433. The molecule has 0 fully saturated rings. The molecule has 0 aromatic carbocycles. The Morgan fingerprint density at radius 3 is 2.38 bits per heavy atom. The Labute approximate surface area is 76.2 Å². The number of thioether (sulfide) groups is 1. The maximum Gasteiger partial charge on any atom is 0.328 e. The molecule has 0 saturated carbocycles. The fraction of sp³-hybridized carbons (Fsp3) is 0.200. The monoisotopic (exact) mass is 204 g/mol. The van der Waals surface area contributed by atoms with E-state index >= 15 is 0 Å². The minimum atomic E-state index is -0.835. The molecule has 0 bridgehead atoms. The van der Waals surface area contributed by atoms with Crippen molar-refractivity contribution in [1.82, 2.24) is 9.97 Å². The van der Waals surface area contributed by atoms with Crippen molar-refractivity contribution in [2.24, 2.45) is 11.5 Å². The van der Waals surface area contributed by atoms with E-state index in [2.05, 4.69) is 0 Å². The number of rotatable bonds is 2. The summed E-state index contributed by atoms with van der Waals surface area (Å²) in [6.45, 7) is 0. The number of hydrogen-bond donors (Lipinski definition) is 5. The topological polar surface area (TPSA) is 138 Å². The van der Waals surface area contributed by atoms with Crippen molar-refractivity contribution in [2.75, 3.05) is 0 Å². The van der Waals surface area contributed by atoms with Crippen molar-refractivity contribution in [2.45, 2.75) is 10.4 Å². The van der Waals surface area contributed by atoms with Crippen LogP contribution in [0, 0.1) is 0 Å². The van der Waals surface area contributed by atoms with Gasteiger partial charge in [-0.15, -0.1) is 0 Å². The second kappa shape index (κ2) is 3.64. The lowest BCUT2D eigenvalue weighted by Crippen LogP contribution is -2.29. The first kappa shape index (κ1) is 9.84. The quantitative estimate of drug-likeness (QED) is 0.280. The minimum Gasteiger partial charge on any atom is -0.494 e. The second-order valence-electron chi connectivity index (χ2n) is 2.17. The Morgan fingerprint density at radius 1 is 1.31 bits per heavy atom. The van der Waals surface area contributed by atoms with Crippen LogP contribution in [0.5, 0.6) is 5.88 Å². The van der Waals surface area contributed by atoms with Crippen LogP contribution in [0.25, 0.3) is 0 Å². The molecule has 0 radical (unpaired) electrons. The summed E-state index contributed by atoms with van der Waals surface area (Å²) in [5, 5.41) is 9.11. The molecule has 1 aromatic rings. The van der Waals surface area contributed by atoms with Crippen molar-refractivity contribution in [3.63, 3.8) is 0 Å². The third kappa shape index (κ3) is 2.34. The normalized spacial score (nSPS) is 10.7. The van der Waals surface area contributed by atoms with Gasteiger partial charge in [0.15, 0.2) is 0 Å². The van der Waals surface area contributed by atoms with E-state index < -0.39 is 22.6 Å². The van der Waals surface area contributed by atoms with E-state index in [-0.39, 0.29) is 4.90 Å². The number of nitrogens with one attached hydrogen (secondary N) is 2. The first-order valence-electron chi connectivity index (χ1n) is 3.24. The number of aromatic nitrogens is 2. The number of H-pyrrole nitrogens is 2. The SMILES string of the molecule is NC(N)Sc1c(O)[nH]c(=O)[nH]c1=O. The zero-order valence-electron chi connectivity index (χ0n) is 6.40. The third-order valence-electron chi connectivity index (χ3n) is 1.13. The summed E-state index contributed by atoms with van der Waals surface area (Å²) in [7, 11) is 0. The zero-order chi connectivity index (χ0) is 10.0. The summed E-state index contributed by atoms with van der Waals surface area (Å²) in [4.78, 5) is 25.5. The maximum atomic E-state index is 11.0. The molecule has 0 saturated heterocycles. The summed E-state index contributed by atoms with van der Waals surface area (Å²) in [5.41, 5.74) is 8.04. The summed E-state index contributed by atoms with van der Waals surface area (Å²) in [6.07, 6.45) is 0. The molecule has 1 rings (SSSR count). The fourth-order valence-electron chi connectivity index (χ4n) is 0.708. The lowest BCUT2D eigenvalue weighted by Gasteiger charge is -2.04. The molecule has 7 nitrogen and oxygen atoms in total. The molecule has 1 heterocycles. The smallest absolute Gasteiger partial charge is 0.328 e. The van der Waals surface area contributed by atoms with Crippen LogP contribution in [-0.2, 0) is 0 Å². The molecule has 0 amide bonds. The molecule has 0 aliphatic heterocycles. The maximum absolute atomic E-state index is 11.0. The second-order valence-corrected chi connectivity index (χ2v) is 3.36.